The summed E-state index contributed by atoms with van der Waals surface area (Å²) >= 11 is 0. The van der Waals surface area contributed by atoms with Crippen molar-refractivity contribution in [2.45, 2.75) is 19.4 Å². The molecule has 1 amide bonds. The number of rotatable bonds is 5. The van der Waals surface area contributed by atoms with Crippen LogP contribution in [0.15, 0.2) is 54.9 Å². The highest BCUT2D eigenvalue weighted by molar-refractivity contribution is 5.92. The average molecular weight is 350 g/mol. The Labute approximate surface area is 152 Å². The molecule has 0 spiro atoms. The van der Waals surface area contributed by atoms with Gasteiger partial charge in [-0.25, -0.2) is 4.98 Å². The van der Waals surface area contributed by atoms with Gasteiger partial charge in [0.2, 0.25) is 5.91 Å². The van der Waals surface area contributed by atoms with Crippen molar-refractivity contribution < 1.29 is 9.53 Å². The number of hydrogen-bond acceptors (Lipinski definition) is 4. The van der Waals surface area contributed by atoms with Gasteiger partial charge in [-0.1, -0.05) is 12.1 Å². The minimum Gasteiger partial charge on any atom is -0.487 e. The fourth-order valence-corrected chi connectivity index (χ4v) is 3.21. The molecule has 4 rings (SSSR count). The van der Waals surface area contributed by atoms with E-state index in [0.29, 0.717) is 12.4 Å². The molecule has 1 aromatic carbocycles. The molecule has 0 atom stereocenters. The van der Waals surface area contributed by atoms with Crippen LogP contribution in [0, 0.1) is 5.92 Å². The summed E-state index contributed by atoms with van der Waals surface area (Å²) in [6, 6.07) is 13.4. The first-order chi connectivity index (χ1) is 12.8. The number of carbonyl (C=O) groups excluding carboxylic acids is 1. The van der Waals surface area contributed by atoms with Crippen LogP contribution in [0.2, 0.25) is 0 Å². The Balaban J connectivity index is 1.38. The Bertz CT molecular complexity index is 866. The van der Waals surface area contributed by atoms with Gasteiger partial charge in [-0.15, -0.1) is 0 Å². The van der Waals surface area contributed by atoms with Gasteiger partial charge in [0.05, 0.1) is 5.69 Å². The van der Waals surface area contributed by atoms with Gasteiger partial charge < -0.3 is 19.8 Å². The molecule has 1 aliphatic rings. The first-order valence-electron chi connectivity index (χ1n) is 8.95. The zero-order valence-corrected chi connectivity index (χ0v) is 14.5. The second-order valence-corrected chi connectivity index (χ2v) is 6.53. The molecule has 0 radical (unpaired) electrons. The van der Waals surface area contributed by atoms with E-state index < -0.39 is 0 Å². The highest BCUT2D eigenvalue weighted by Crippen LogP contribution is 2.21. The Morgan fingerprint density at radius 2 is 2.12 bits per heavy atom. The predicted octanol–water partition coefficient (Wildman–Crippen LogP) is 2.85. The number of ether oxygens (including phenoxy) is 1. The number of piperidine rings is 1. The van der Waals surface area contributed by atoms with Gasteiger partial charge in [0.1, 0.15) is 18.0 Å². The summed E-state index contributed by atoms with van der Waals surface area (Å²) < 4.78 is 7.82. The number of carbonyl (C=O) groups is 1. The maximum atomic E-state index is 12.4. The van der Waals surface area contributed by atoms with Crippen molar-refractivity contribution in [1.29, 1.82) is 0 Å². The van der Waals surface area contributed by atoms with E-state index in [4.69, 9.17) is 4.74 Å². The lowest BCUT2D eigenvalue weighted by Gasteiger charge is -2.21. The molecular formula is C20H22N4O2. The van der Waals surface area contributed by atoms with E-state index in [1.54, 1.807) is 0 Å². The number of anilines is 1. The van der Waals surface area contributed by atoms with Crippen molar-refractivity contribution in [2.24, 2.45) is 5.92 Å². The van der Waals surface area contributed by atoms with E-state index in [0.717, 1.165) is 43.0 Å². The Morgan fingerprint density at radius 1 is 1.23 bits per heavy atom. The van der Waals surface area contributed by atoms with Crippen molar-refractivity contribution in [1.82, 2.24) is 14.7 Å². The Morgan fingerprint density at radius 3 is 2.96 bits per heavy atom. The van der Waals surface area contributed by atoms with Gasteiger partial charge in [-0.3, -0.25) is 4.79 Å². The smallest absolute Gasteiger partial charge is 0.227 e. The largest absolute Gasteiger partial charge is 0.487 e. The molecule has 1 aliphatic heterocycles. The molecule has 134 valence electrons. The fourth-order valence-electron chi connectivity index (χ4n) is 3.21. The van der Waals surface area contributed by atoms with Gasteiger partial charge in [0.25, 0.3) is 0 Å². The lowest BCUT2D eigenvalue weighted by Crippen LogP contribution is -2.34. The normalized spacial score (nSPS) is 15.1. The van der Waals surface area contributed by atoms with Gasteiger partial charge >= 0.3 is 0 Å². The van der Waals surface area contributed by atoms with Crippen molar-refractivity contribution in [3.05, 3.63) is 60.6 Å². The molecule has 2 aromatic heterocycles. The first kappa shape index (κ1) is 16.6. The second kappa shape index (κ2) is 7.58. The van der Waals surface area contributed by atoms with E-state index >= 15 is 0 Å². The van der Waals surface area contributed by atoms with Gasteiger partial charge in [-0.2, -0.15) is 0 Å². The van der Waals surface area contributed by atoms with Crippen LogP contribution in [0.25, 0.3) is 5.65 Å². The summed E-state index contributed by atoms with van der Waals surface area (Å²) in [7, 11) is 0. The third-order valence-corrected chi connectivity index (χ3v) is 4.61. The highest BCUT2D eigenvalue weighted by Gasteiger charge is 2.20. The molecule has 1 saturated heterocycles. The van der Waals surface area contributed by atoms with Crippen molar-refractivity contribution in [3.8, 4) is 5.75 Å². The summed E-state index contributed by atoms with van der Waals surface area (Å²) in [5, 5.41) is 6.28. The number of hydrogen-bond donors (Lipinski definition) is 2. The maximum Gasteiger partial charge on any atom is 0.227 e. The monoisotopic (exact) mass is 350 g/mol. The van der Waals surface area contributed by atoms with Crippen LogP contribution in [-0.4, -0.2) is 28.4 Å². The highest BCUT2D eigenvalue weighted by atomic mass is 16.5. The zero-order valence-electron chi connectivity index (χ0n) is 14.5. The number of benzene rings is 1. The van der Waals surface area contributed by atoms with Crippen LogP contribution in [0.5, 0.6) is 5.75 Å². The molecule has 0 bridgehead atoms. The maximum absolute atomic E-state index is 12.4. The average Bonchev–Trinajstić information content (AvgIpc) is 3.10. The third kappa shape index (κ3) is 3.86. The topological polar surface area (TPSA) is 67.7 Å². The van der Waals surface area contributed by atoms with Crippen molar-refractivity contribution >= 4 is 17.2 Å². The number of amides is 1. The molecule has 2 N–H and O–H groups in total. The number of pyridine rings is 1. The van der Waals surface area contributed by atoms with Crippen LogP contribution in [0.4, 0.5) is 5.69 Å². The predicted molar refractivity (Wildman–Crippen MR) is 100 cm³/mol. The molecule has 6 heteroatoms. The standard InChI is InChI=1S/C20H22N4O2/c25-20(15-7-9-21-10-8-15)23-16-4-3-5-18(12-16)26-14-17-13-24-11-2-1-6-19(24)22-17/h1-6,11-13,15,21H,7-10,14H2,(H,23,25). The number of fused-ring (bicyclic) bond motifs is 1. The molecule has 3 heterocycles. The van der Waals surface area contributed by atoms with Crippen LogP contribution in [0.3, 0.4) is 0 Å². The van der Waals surface area contributed by atoms with Gasteiger partial charge in [0, 0.05) is 30.1 Å². The van der Waals surface area contributed by atoms with Crippen LogP contribution < -0.4 is 15.4 Å². The fraction of sp³-hybridized carbons (Fsp3) is 0.300. The molecule has 26 heavy (non-hydrogen) atoms. The van der Waals surface area contributed by atoms with Crippen molar-refractivity contribution in [3.63, 3.8) is 0 Å². The molecule has 0 unspecified atom stereocenters. The summed E-state index contributed by atoms with van der Waals surface area (Å²) in [6.45, 7) is 2.19. The number of nitrogens with zero attached hydrogens (tertiary/aromatic N) is 2. The number of nitrogens with one attached hydrogen (secondary N) is 2. The minimum absolute atomic E-state index is 0.0822. The summed E-state index contributed by atoms with van der Waals surface area (Å²) in [6.07, 6.45) is 5.69. The number of aromatic nitrogens is 2. The molecule has 6 nitrogen and oxygen atoms in total. The van der Waals surface area contributed by atoms with Gasteiger partial charge in [-0.05, 0) is 50.2 Å². The van der Waals surface area contributed by atoms with E-state index in [9.17, 15) is 4.79 Å². The van der Waals surface area contributed by atoms with Crippen LogP contribution in [-0.2, 0) is 11.4 Å². The second-order valence-electron chi connectivity index (χ2n) is 6.53. The lowest BCUT2D eigenvalue weighted by molar-refractivity contribution is -0.120. The first-order valence-corrected chi connectivity index (χ1v) is 8.95. The van der Waals surface area contributed by atoms with Crippen LogP contribution in [0.1, 0.15) is 18.5 Å². The van der Waals surface area contributed by atoms with E-state index in [1.165, 1.54) is 0 Å². The van der Waals surface area contributed by atoms with E-state index in [-0.39, 0.29) is 11.8 Å². The quantitative estimate of drug-likeness (QED) is 0.742. The van der Waals surface area contributed by atoms with Gasteiger partial charge in [0.15, 0.2) is 0 Å². The lowest BCUT2D eigenvalue weighted by atomic mass is 9.97. The zero-order chi connectivity index (χ0) is 17.8. The number of imidazole rings is 1. The summed E-state index contributed by atoms with van der Waals surface area (Å²) in [5.74, 6) is 0.882. The Kier molecular flexibility index (Phi) is 4.84. The summed E-state index contributed by atoms with van der Waals surface area (Å²) in [4.78, 5) is 16.9. The molecule has 0 saturated carbocycles. The molecule has 1 fully saturated rings. The minimum atomic E-state index is 0.0822. The SMILES string of the molecule is O=C(Nc1cccc(OCc2cn3ccccc3n2)c1)C1CCNCC1. The van der Waals surface area contributed by atoms with E-state index in [1.807, 2.05) is 59.3 Å². The van der Waals surface area contributed by atoms with Crippen LogP contribution >= 0.6 is 0 Å². The van der Waals surface area contributed by atoms with Crippen molar-refractivity contribution in [2.75, 3.05) is 18.4 Å². The van der Waals surface area contributed by atoms with E-state index in [2.05, 4.69) is 15.6 Å². The molecule has 0 aliphatic carbocycles. The third-order valence-electron chi connectivity index (χ3n) is 4.61. The Hall–Kier alpha value is -2.86. The summed E-state index contributed by atoms with van der Waals surface area (Å²) in [5.41, 5.74) is 2.52. The molecular weight excluding hydrogens is 328 g/mol. The molecule has 3 aromatic rings.